The number of thiol groups is 1. The molecule has 0 aromatic carbocycles. The molecule has 0 aliphatic carbocycles. The van der Waals surface area contributed by atoms with Crippen molar-refractivity contribution in [1.29, 1.82) is 0 Å². The van der Waals surface area contributed by atoms with Gasteiger partial charge < -0.3 is 5.73 Å². The van der Waals surface area contributed by atoms with Crippen LogP contribution in [-0.4, -0.2) is 5.91 Å². The summed E-state index contributed by atoms with van der Waals surface area (Å²) in [6.45, 7) is 0. The molecule has 0 heterocycles. The average Bonchev–Trinajstić information content (AvgIpc) is 1.35. The molecule has 0 aliphatic rings. The van der Waals surface area contributed by atoms with Crippen molar-refractivity contribution in [1.82, 2.24) is 0 Å². The molecule has 0 atom stereocenters. The van der Waals surface area contributed by atoms with Gasteiger partial charge >= 0.3 is 0 Å². The van der Waals surface area contributed by atoms with Crippen LogP contribution >= 0.6 is 12.6 Å². The molecule has 2 nitrogen and oxygen atoms in total. The number of primary amides is 1. The third-order valence-corrected chi connectivity index (χ3v) is 0.388. The molecule has 0 unspecified atom stereocenters. The minimum absolute atomic E-state index is 0. The summed E-state index contributed by atoms with van der Waals surface area (Å²) in [7, 11) is 0. The summed E-state index contributed by atoms with van der Waals surface area (Å²) in [4.78, 5) is 9.69. The molecule has 0 rings (SSSR count). The van der Waals surface area contributed by atoms with Gasteiger partial charge in [0.05, 0.1) is 0 Å². The van der Waals surface area contributed by atoms with E-state index in [1.54, 1.807) is 0 Å². The predicted molar refractivity (Wildman–Crippen MR) is 27.3 cm³/mol. The van der Waals surface area contributed by atoms with Crippen LogP contribution in [-0.2, 0) is 27.2 Å². The Morgan fingerprint density at radius 2 is 2.14 bits per heavy atom. The van der Waals surface area contributed by atoms with E-state index < -0.39 is 5.91 Å². The van der Waals surface area contributed by atoms with Gasteiger partial charge in [-0.1, -0.05) is 0 Å². The Labute approximate surface area is 63.1 Å². The molecule has 1 amide bonds. The van der Waals surface area contributed by atoms with Crippen LogP contribution in [0, 0.1) is 0 Å². The number of carbonyl (C=O) groups excluding carboxylic acids is 1. The van der Waals surface area contributed by atoms with Gasteiger partial charge in [-0.25, -0.2) is 0 Å². The fraction of sp³-hybridized carbons (Fsp3) is 0. The minimum atomic E-state index is -0.468. The molecule has 0 aliphatic heterocycles. The van der Waals surface area contributed by atoms with Crippen LogP contribution in [0.1, 0.15) is 0 Å². The van der Waals surface area contributed by atoms with Gasteiger partial charge in [-0.3, -0.25) is 4.79 Å². The fourth-order valence-electron chi connectivity index (χ4n) is 0.0735. The molecule has 0 saturated carbocycles. The maximum absolute atomic E-state index is 9.69. The molecular formula is C3H5AgNOS. The van der Waals surface area contributed by atoms with E-state index >= 15 is 0 Å². The Kier molecular flexibility index (Phi) is 9.28. The van der Waals surface area contributed by atoms with E-state index in [1.165, 1.54) is 11.5 Å². The SMILES string of the molecule is NC(=O)/C=C\S.[Ag]. The quantitative estimate of drug-likeness (QED) is 0.355. The van der Waals surface area contributed by atoms with E-state index in [0.29, 0.717) is 0 Å². The van der Waals surface area contributed by atoms with Crippen LogP contribution in [0.25, 0.3) is 0 Å². The second-order valence-corrected chi connectivity index (χ2v) is 1.02. The number of nitrogens with two attached hydrogens (primary N) is 1. The number of carbonyl (C=O) groups is 1. The summed E-state index contributed by atoms with van der Waals surface area (Å²) in [6.07, 6.45) is 1.17. The number of hydrogen-bond acceptors (Lipinski definition) is 2. The molecule has 2 N–H and O–H groups in total. The van der Waals surface area contributed by atoms with Gasteiger partial charge in [0.2, 0.25) is 5.91 Å². The van der Waals surface area contributed by atoms with Crippen LogP contribution in [0.3, 0.4) is 0 Å². The van der Waals surface area contributed by atoms with E-state index in [2.05, 4.69) is 18.4 Å². The van der Waals surface area contributed by atoms with E-state index in [4.69, 9.17) is 0 Å². The van der Waals surface area contributed by atoms with Gasteiger partial charge in [-0.15, -0.1) is 0 Å². The second-order valence-electron chi connectivity index (χ2n) is 0.718. The normalized spacial score (nSPS) is 8.14. The fourth-order valence-corrected chi connectivity index (χ4v) is 0.220. The maximum Gasteiger partial charge on any atom is 0.241 e. The standard InChI is InChI=1S/C3H5NOS.Ag/c4-3(5)1-2-6;/h1-2,6H,(H2,4,5);/b2-1-;. The first-order valence-electron chi connectivity index (χ1n) is 1.37. The molecule has 0 aromatic rings. The molecule has 0 fully saturated rings. The van der Waals surface area contributed by atoms with Crippen LogP contribution < -0.4 is 5.73 Å². The molecule has 0 saturated heterocycles. The van der Waals surface area contributed by atoms with Crippen LogP contribution in [0.4, 0.5) is 0 Å². The van der Waals surface area contributed by atoms with E-state index in [1.807, 2.05) is 0 Å². The Morgan fingerprint density at radius 1 is 1.71 bits per heavy atom. The summed E-state index contributed by atoms with van der Waals surface area (Å²) in [6, 6.07) is 0. The van der Waals surface area contributed by atoms with Crippen LogP contribution in [0.2, 0.25) is 0 Å². The zero-order valence-electron chi connectivity index (χ0n) is 3.39. The Hall–Kier alpha value is 0.300. The summed E-state index contributed by atoms with van der Waals surface area (Å²) in [5.74, 6) is -0.468. The third kappa shape index (κ3) is 10.7. The van der Waals surface area contributed by atoms with Crippen molar-refractivity contribution in [3.8, 4) is 0 Å². The largest absolute Gasteiger partial charge is 0.366 e. The molecule has 0 aromatic heterocycles. The second kappa shape index (κ2) is 6.30. The van der Waals surface area contributed by atoms with Gasteiger partial charge in [0.15, 0.2) is 0 Å². The minimum Gasteiger partial charge on any atom is -0.366 e. The van der Waals surface area contributed by atoms with Gasteiger partial charge in [-0.2, -0.15) is 12.6 Å². The molecule has 0 spiro atoms. The van der Waals surface area contributed by atoms with E-state index in [9.17, 15) is 4.79 Å². The summed E-state index contributed by atoms with van der Waals surface area (Å²) >= 11 is 3.58. The Bertz CT molecular complexity index is 83.0. The van der Waals surface area contributed by atoms with Crippen molar-refractivity contribution in [3.05, 3.63) is 11.5 Å². The first-order chi connectivity index (χ1) is 2.77. The molecule has 45 valence electrons. The van der Waals surface area contributed by atoms with Crippen molar-refractivity contribution < 1.29 is 27.2 Å². The number of amides is 1. The van der Waals surface area contributed by atoms with Crippen molar-refractivity contribution >= 4 is 18.5 Å². The van der Waals surface area contributed by atoms with Crippen LogP contribution in [0.5, 0.6) is 0 Å². The molecular weight excluding hydrogens is 206 g/mol. The van der Waals surface area contributed by atoms with Crippen LogP contribution in [0.15, 0.2) is 11.5 Å². The van der Waals surface area contributed by atoms with Crippen molar-refractivity contribution in [2.75, 3.05) is 0 Å². The first-order valence-corrected chi connectivity index (χ1v) is 1.89. The monoisotopic (exact) mass is 210 g/mol. The Balaban J connectivity index is 0. The van der Waals surface area contributed by atoms with E-state index in [-0.39, 0.29) is 22.4 Å². The molecule has 4 heteroatoms. The molecule has 0 bridgehead atoms. The van der Waals surface area contributed by atoms with E-state index in [0.717, 1.165) is 0 Å². The predicted octanol–water partition coefficient (Wildman–Crippen LogP) is -0.0873. The number of hydrogen-bond donors (Lipinski definition) is 2. The zero-order valence-corrected chi connectivity index (χ0v) is 5.77. The number of rotatable bonds is 1. The topological polar surface area (TPSA) is 43.1 Å². The summed E-state index contributed by atoms with van der Waals surface area (Å²) in [5, 5.41) is 1.29. The maximum atomic E-state index is 9.69. The zero-order chi connectivity index (χ0) is 4.99. The first kappa shape index (κ1) is 10.3. The summed E-state index contributed by atoms with van der Waals surface area (Å²) < 4.78 is 0. The van der Waals surface area contributed by atoms with Gasteiger partial charge in [0.25, 0.3) is 0 Å². The van der Waals surface area contributed by atoms with Crippen molar-refractivity contribution in [2.24, 2.45) is 5.73 Å². The van der Waals surface area contributed by atoms with Gasteiger partial charge in [-0.05, 0) is 5.41 Å². The average molecular weight is 211 g/mol. The third-order valence-electron chi connectivity index (χ3n) is 0.239. The van der Waals surface area contributed by atoms with Crippen molar-refractivity contribution in [2.45, 2.75) is 0 Å². The summed E-state index contributed by atoms with van der Waals surface area (Å²) in [5.41, 5.74) is 4.63. The Morgan fingerprint density at radius 3 is 2.14 bits per heavy atom. The van der Waals surface area contributed by atoms with Gasteiger partial charge in [0, 0.05) is 28.5 Å². The van der Waals surface area contributed by atoms with Crippen molar-refractivity contribution in [3.63, 3.8) is 0 Å². The smallest absolute Gasteiger partial charge is 0.241 e. The van der Waals surface area contributed by atoms with Gasteiger partial charge in [0.1, 0.15) is 0 Å². The molecule has 7 heavy (non-hydrogen) atoms. The molecule has 1 radical (unpaired) electrons.